The number of carbonyl (C=O) groups excluding carboxylic acids is 1. The van der Waals surface area contributed by atoms with Gasteiger partial charge in [0.25, 0.3) is 0 Å². The van der Waals surface area contributed by atoms with Crippen molar-refractivity contribution in [3.05, 3.63) is 34.7 Å². The molecule has 6 heteroatoms. The lowest BCUT2D eigenvalue weighted by Crippen LogP contribution is -2.35. The third-order valence-corrected chi connectivity index (χ3v) is 4.00. The highest BCUT2D eigenvalue weighted by Gasteiger charge is 2.06. The number of nitrogens with one attached hydrogen (secondary N) is 2. The minimum Gasteiger partial charge on any atom is -0.497 e. The molecule has 0 fully saturated rings. The second kappa shape index (κ2) is 8.38. The van der Waals surface area contributed by atoms with Gasteiger partial charge >= 0.3 is 6.03 Å². The van der Waals surface area contributed by atoms with Crippen molar-refractivity contribution in [1.82, 2.24) is 15.6 Å². The van der Waals surface area contributed by atoms with Gasteiger partial charge in [-0.25, -0.2) is 9.78 Å². The molecule has 0 saturated carbocycles. The van der Waals surface area contributed by atoms with Crippen molar-refractivity contribution in [2.45, 2.75) is 26.3 Å². The van der Waals surface area contributed by atoms with Crippen LogP contribution in [0.15, 0.2) is 29.6 Å². The van der Waals surface area contributed by atoms with Crippen LogP contribution in [-0.4, -0.2) is 24.7 Å². The van der Waals surface area contributed by atoms with Crippen LogP contribution >= 0.6 is 11.3 Å². The fraction of sp³-hybridized carbons (Fsp3) is 0.375. The molecule has 5 nitrogen and oxygen atoms in total. The summed E-state index contributed by atoms with van der Waals surface area (Å²) in [6, 6.07) is 7.63. The van der Waals surface area contributed by atoms with Gasteiger partial charge in [0.2, 0.25) is 0 Å². The topological polar surface area (TPSA) is 63.2 Å². The van der Waals surface area contributed by atoms with Gasteiger partial charge in [-0.2, -0.15) is 0 Å². The van der Waals surface area contributed by atoms with Crippen molar-refractivity contribution in [3.63, 3.8) is 0 Å². The summed E-state index contributed by atoms with van der Waals surface area (Å²) in [5.74, 6) is 0.824. The van der Waals surface area contributed by atoms with E-state index in [1.54, 1.807) is 7.11 Å². The fourth-order valence-corrected chi connectivity index (χ4v) is 2.63. The summed E-state index contributed by atoms with van der Waals surface area (Å²) in [6.07, 6.45) is 2.06. The van der Waals surface area contributed by atoms with Crippen molar-refractivity contribution >= 4 is 17.4 Å². The largest absolute Gasteiger partial charge is 0.497 e. The van der Waals surface area contributed by atoms with Gasteiger partial charge in [-0.15, -0.1) is 11.3 Å². The molecular formula is C16H21N3O2S. The Kier molecular flexibility index (Phi) is 6.21. The van der Waals surface area contributed by atoms with Crippen LogP contribution in [0.25, 0.3) is 11.3 Å². The zero-order chi connectivity index (χ0) is 15.8. The van der Waals surface area contributed by atoms with E-state index in [-0.39, 0.29) is 6.03 Å². The van der Waals surface area contributed by atoms with E-state index in [1.165, 1.54) is 11.3 Å². The van der Waals surface area contributed by atoms with Crippen LogP contribution in [0.2, 0.25) is 0 Å². The number of unbranched alkanes of at least 4 members (excludes halogenated alkanes) is 1. The first kappa shape index (κ1) is 16.3. The summed E-state index contributed by atoms with van der Waals surface area (Å²) in [7, 11) is 1.65. The van der Waals surface area contributed by atoms with Crippen LogP contribution < -0.4 is 15.4 Å². The van der Waals surface area contributed by atoms with Crippen LogP contribution in [0.5, 0.6) is 5.75 Å². The zero-order valence-electron chi connectivity index (χ0n) is 12.9. The highest BCUT2D eigenvalue weighted by Crippen LogP contribution is 2.24. The van der Waals surface area contributed by atoms with Gasteiger partial charge in [0, 0.05) is 17.5 Å². The zero-order valence-corrected chi connectivity index (χ0v) is 13.7. The van der Waals surface area contributed by atoms with Gasteiger partial charge in [-0.05, 0) is 30.7 Å². The number of thiazole rings is 1. The molecule has 0 saturated heterocycles. The molecule has 1 heterocycles. The Hall–Kier alpha value is -2.08. The minimum atomic E-state index is -0.144. The number of carbonyl (C=O) groups is 1. The number of benzene rings is 1. The standard InChI is InChI=1S/C16H21N3O2S/c1-3-4-9-17-16(20)18-10-15-19-14(11-22-15)12-5-7-13(21-2)8-6-12/h5-8,11H,3-4,9-10H2,1-2H3,(H2,17,18,20). The monoisotopic (exact) mass is 319 g/mol. The molecular weight excluding hydrogens is 298 g/mol. The number of urea groups is 1. The first-order valence-electron chi connectivity index (χ1n) is 7.33. The maximum absolute atomic E-state index is 11.6. The number of aromatic nitrogens is 1. The van der Waals surface area contributed by atoms with Crippen molar-refractivity contribution in [1.29, 1.82) is 0 Å². The second-order valence-corrected chi connectivity index (χ2v) is 5.76. The Morgan fingerprint density at radius 3 is 2.73 bits per heavy atom. The van der Waals surface area contributed by atoms with E-state index in [0.717, 1.165) is 34.9 Å². The Morgan fingerprint density at radius 2 is 2.05 bits per heavy atom. The van der Waals surface area contributed by atoms with E-state index in [0.29, 0.717) is 13.1 Å². The molecule has 22 heavy (non-hydrogen) atoms. The number of hydrogen-bond donors (Lipinski definition) is 2. The molecule has 118 valence electrons. The van der Waals surface area contributed by atoms with Crippen molar-refractivity contribution < 1.29 is 9.53 Å². The molecule has 0 aliphatic carbocycles. The average Bonchev–Trinajstić information content (AvgIpc) is 3.02. The average molecular weight is 319 g/mol. The number of hydrogen-bond acceptors (Lipinski definition) is 4. The summed E-state index contributed by atoms with van der Waals surface area (Å²) in [6.45, 7) is 3.24. The van der Waals surface area contributed by atoms with Gasteiger partial charge in [0.1, 0.15) is 10.8 Å². The maximum atomic E-state index is 11.6. The number of ether oxygens (including phenoxy) is 1. The molecule has 2 rings (SSSR count). The molecule has 2 N–H and O–H groups in total. The number of nitrogens with zero attached hydrogens (tertiary/aromatic N) is 1. The number of amides is 2. The van der Waals surface area contributed by atoms with Crippen molar-refractivity contribution in [2.24, 2.45) is 0 Å². The third-order valence-electron chi connectivity index (χ3n) is 3.15. The first-order chi connectivity index (χ1) is 10.7. The van der Waals surface area contributed by atoms with Gasteiger partial charge < -0.3 is 15.4 Å². The van der Waals surface area contributed by atoms with Crippen LogP contribution in [0.1, 0.15) is 24.8 Å². The molecule has 0 bridgehead atoms. The van der Waals surface area contributed by atoms with Gasteiger partial charge in [-0.3, -0.25) is 0 Å². The second-order valence-electron chi connectivity index (χ2n) is 4.82. The lowest BCUT2D eigenvalue weighted by molar-refractivity contribution is 0.240. The van der Waals surface area contributed by atoms with Crippen LogP contribution in [0.3, 0.4) is 0 Å². The van der Waals surface area contributed by atoms with E-state index in [9.17, 15) is 4.79 Å². The van der Waals surface area contributed by atoms with Crippen LogP contribution in [0.4, 0.5) is 4.79 Å². The predicted octanol–water partition coefficient (Wildman–Crippen LogP) is 3.42. The summed E-state index contributed by atoms with van der Waals surface area (Å²) in [5.41, 5.74) is 1.95. The molecule has 0 aliphatic heterocycles. The molecule has 0 atom stereocenters. The molecule has 0 aliphatic rings. The third kappa shape index (κ3) is 4.73. The number of methoxy groups -OCH3 is 1. The molecule has 1 aromatic heterocycles. The van der Waals surface area contributed by atoms with E-state index in [2.05, 4.69) is 22.5 Å². The first-order valence-corrected chi connectivity index (χ1v) is 8.21. The normalized spacial score (nSPS) is 10.3. The smallest absolute Gasteiger partial charge is 0.315 e. The highest BCUT2D eigenvalue weighted by atomic mass is 32.1. The number of rotatable bonds is 7. The predicted molar refractivity (Wildman–Crippen MR) is 89.2 cm³/mol. The summed E-state index contributed by atoms with van der Waals surface area (Å²) in [4.78, 5) is 16.1. The molecule has 2 amide bonds. The van der Waals surface area contributed by atoms with Crippen molar-refractivity contribution in [3.8, 4) is 17.0 Å². The van der Waals surface area contributed by atoms with Crippen LogP contribution in [0, 0.1) is 0 Å². The van der Waals surface area contributed by atoms with E-state index < -0.39 is 0 Å². The molecule has 2 aromatic rings. The summed E-state index contributed by atoms with van der Waals surface area (Å²) >= 11 is 1.54. The summed E-state index contributed by atoms with van der Waals surface area (Å²) < 4.78 is 5.14. The highest BCUT2D eigenvalue weighted by molar-refractivity contribution is 7.09. The van der Waals surface area contributed by atoms with Crippen LogP contribution in [-0.2, 0) is 6.54 Å². The molecule has 0 spiro atoms. The minimum absolute atomic E-state index is 0.144. The quantitative estimate of drug-likeness (QED) is 0.769. The lowest BCUT2D eigenvalue weighted by atomic mass is 10.2. The van der Waals surface area contributed by atoms with E-state index >= 15 is 0 Å². The summed E-state index contributed by atoms with van der Waals surface area (Å²) in [5, 5.41) is 8.52. The van der Waals surface area contributed by atoms with E-state index in [1.807, 2.05) is 29.6 Å². The van der Waals surface area contributed by atoms with Gasteiger partial charge in [-0.1, -0.05) is 13.3 Å². The Morgan fingerprint density at radius 1 is 1.27 bits per heavy atom. The molecule has 1 aromatic carbocycles. The fourth-order valence-electron chi connectivity index (χ4n) is 1.88. The van der Waals surface area contributed by atoms with Gasteiger partial charge in [0.05, 0.1) is 19.3 Å². The van der Waals surface area contributed by atoms with Crippen molar-refractivity contribution in [2.75, 3.05) is 13.7 Å². The Labute approximate surface area is 134 Å². The lowest BCUT2D eigenvalue weighted by Gasteiger charge is -2.05. The SMILES string of the molecule is CCCCNC(=O)NCc1nc(-c2ccc(OC)cc2)cs1. The Bertz CT molecular complexity index is 596. The maximum Gasteiger partial charge on any atom is 0.315 e. The molecule has 0 unspecified atom stereocenters. The molecule has 0 radical (unpaired) electrons. The Balaban J connectivity index is 1.86. The van der Waals surface area contributed by atoms with E-state index in [4.69, 9.17) is 4.74 Å². The van der Waals surface area contributed by atoms with Gasteiger partial charge in [0.15, 0.2) is 0 Å².